The van der Waals surface area contributed by atoms with Crippen LogP contribution in [0.1, 0.15) is 70.3 Å². The van der Waals surface area contributed by atoms with Gasteiger partial charge in [-0.2, -0.15) is 0 Å². The first-order chi connectivity index (χ1) is 15.9. The summed E-state index contributed by atoms with van der Waals surface area (Å²) in [6.45, 7) is 7.22. The number of carbonyl (C=O) groups is 3. The second kappa shape index (κ2) is 10.5. The Kier molecular flexibility index (Phi) is 7.86. The minimum Gasteiger partial charge on any atom is -0.465 e. The standard InChI is InChI=1S/C24H31ClN4O5/c1-13-11-15(26-22(31)32)7-10-17(13)19-20(25)29-21(28-19)18(27-23(33)34-24(2,3)4)12-14-5-8-16(30)9-6-14/h7,10-11,14,18,26H,5-6,8-9,12H2,1-4H3,(H,27,33)(H,28,29)(H,31,32). The van der Waals surface area contributed by atoms with Crippen LogP contribution in [0.5, 0.6) is 0 Å². The molecule has 10 heteroatoms. The van der Waals surface area contributed by atoms with Crippen LogP contribution in [0.15, 0.2) is 18.2 Å². The van der Waals surface area contributed by atoms with Gasteiger partial charge in [0.2, 0.25) is 0 Å². The monoisotopic (exact) mass is 490 g/mol. The number of carboxylic acid groups (broad SMARTS) is 1. The maximum absolute atomic E-state index is 12.6. The first-order valence-corrected chi connectivity index (χ1v) is 11.7. The second-order valence-electron chi connectivity index (χ2n) is 9.66. The van der Waals surface area contributed by atoms with Crippen LogP contribution in [0.2, 0.25) is 5.15 Å². The molecule has 9 nitrogen and oxygen atoms in total. The molecule has 34 heavy (non-hydrogen) atoms. The van der Waals surface area contributed by atoms with Crippen molar-refractivity contribution >= 4 is 35.3 Å². The molecule has 1 aromatic carbocycles. The number of ketones is 1. The first-order valence-electron chi connectivity index (χ1n) is 11.3. The summed E-state index contributed by atoms with van der Waals surface area (Å²) in [6.07, 6.45) is 1.52. The third-order valence-corrected chi connectivity index (χ3v) is 5.94. The van der Waals surface area contributed by atoms with Gasteiger partial charge in [-0.1, -0.05) is 17.7 Å². The maximum atomic E-state index is 12.6. The van der Waals surface area contributed by atoms with E-state index in [-0.39, 0.29) is 11.7 Å². The number of Topliss-reactive ketones (excluding diaryl/α,β-unsaturated/α-hetero) is 1. The molecule has 1 heterocycles. The van der Waals surface area contributed by atoms with Crippen LogP contribution in [0, 0.1) is 12.8 Å². The number of anilines is 1. The molecule has 1 atom stereocenters. The zero-order valence-electron chi connectivity index (χ0n) is 19.8. The van der Waals surface area contributed by atoms with Gasteiger partial charge in [-0.05, 0) is 70.6 Å². The molecule has 3 rings (SSSR count). The van der Waals surface area contributed by atoms with E-state index in [0.717, 1.165) is 24.0 Å². The van der Waals surface area contributed by atoms with E-state index < -0.39 is 23.8 Å². The highest BCUT2D eigenvalue weighted by atomic mass is 35.5. The molecule has 0 aliphatic heterocycles. The van der Waals surface area contributed by atoms with Crippen LogP contribution in [0.25, 0.3) is 11.3 Å². The van der Waals surface area contributed by atoms with Gasteiger partial charge in [0.1, 0.15) is 28.1 Å². The molecule has 0 saturated heterocycles. The Labute approximate surface area is 203 Å². The number of halogens is 1. The zero-order chi connectivity index (χ0) is 25.0. The number of aryl methyl sites for hydroxylation is 1. The molecule has 1 unspecified atom stereocenters. The van der Waals surface area contributed by atoms with Gasteiger partial charge in [-0.25, -0.2) is 14.6 Å². The van der Waals surface area contributed by atoms with E-state index in [1.54, 1.807) is 39.0 Å². The molecule has 0 bridgehead atoms. The summed E-state index contributed by atoms with van der Waals surface area (Å²) in [5, 5.41) is 14.5. The molecule has 0 radical (unpaired) electrons. The molecule has 0 spiro atoms. The van der Waals surface area contributed by atoms with E-state index in [4.69, 9.17) is 26.4 Å². The number of ether oxygens (including phenoxy) is 1. The van der Waals surface area contributed by atoms with E-state index in [1.807, 2.05) is 6.92 Å². The fraction of sp³-hybridized carbons (Fsp3) is 0.500. The van der Waals surface area contributed by atoms with Crippen LogP contribution in [-0.2, 0) is 9.53 Å². The second-order valence-corrected chi connectivity index (χ2v) is 10.0. The third-order valence-electron chi connectivity index (χ3n) is 5.66. The third kappa shape index (κ3) is 6.96. The lowest BCUT2D eigenvalue weighted by molar-refractivity contribution is -0.121. The molecule has 1 aromatic heterocycles. The summed E-state index contributed by atoms with van der Waals surface area (Å²) in [7, 11) is 0. The average molecular weight is 491 g/mol. The Hall–Kier alpha value is -3.07. The number of hydrogen-bond acceptors (Lipinski definition) is 5. The van der Waals surface area contributed by atoms with Crippen LogP contribution in [0.4, 0.5) is 15.3 Å². The van der Waals surface area contributed by atoms with Crippen molar-refractivity contribution in [1.82, 2.24) is 15.3 Å². The van der Waals surface area contributed by atoms with Crippen molar-refractivity contribution in [3.05, 3.63) is 34.7 Å². The highest BCUT2D eigenvalue weighted by Gasteiger charge is 2.29. The van der Waals surface area contributed by atoms with Crippen molar-refractivity contribution in [2.75, 3.05) is 5.32 Å². The average Bonchev–Trinajstić information content (AvgIpc) is 3.09. The van der Waals surface area contributed by atoms with E-state index in [9.17, 15) is 14.4 Å². The number of aromatic amines is 1. The molecule has 1 saturated carbocycles. The highest BCUT2D eigenvalue weighted by molar-refractivity contribution is 6.32. The summed E-state index contributed by atoms with van der Waals surface area (Å²) in [6, 6.07) is 4.60. The molecular formula is C24H31ClN4O5. The van der Waals surface area contributed by atoms with Crippen molar-refractivity contribution in [3.63, 3.8) is 0 Å². The van der Waals surface area contributed by atoms with Crippen LogP contribution >= 0.6 is 11.6 Å². The molecule has 2 aromatic rings. The van der Waals surface area contributed by atoms with Crippen molar-refractivity contribution in [1.29, 1.82) is 0 Å². The quantitative estimate of drug-likeness (QED) is 0.401. The lowest BCUT2D eigenvalue weighted by Crippen LogP contribution is -2.36. The molecule has 4 N–H and O–H groups in total. The molecule has 184 valence electrons. The van der Waals surface area contributed by atoms with Gasteiger partial charge in [0.15, 0.2) is 0 Å². The molecule has 1 aliphatic carbocycles. The number of carbonyl (C=O) groups excluding carboxylic acids is 2. The van der Waals surface area contributed by atoms with Gasteiger partial charge in [-0.15, -0.1) is 0 Å². The minimum atomic E-state index is -1.15. The molecule has 1 fully saturated rings. The Morgan fingerprint density at radius 1 is 1.29 bits per heavy atom. The van der Waals surface area contributed by atoms with Gasteiger partial charge < -0.3 is 20.1 Å². The first kappa shape index (κ1) is 25.6. The van der Waals surface area contributed by atoms with Gasteiger partial charge >= 0.3 is 12.2 Å². The Bertz CT molecular complexity index is 1070. The number of nitrogens with zero attached hydrogens (tertiary/aromatic N) is 1. The Morgan fingerprint density at radius 2 is 1.97 bits per heavy atom. The van der Waals surface area contributed by atoms with Crippen LogP contribution < -0.4 is 10.6 Å². The van der Waals surface area contributed by atoms with Crippen molar-refractivity contribution in [2.24, 2.45) is 5.92 Å². The number of rotatable bonds is 6. The van der Waals surface area contributed by atoms with Gasteiger partial charge in [0.25, 0.3) is 0 Å². The normalized spacial score (nSPS) is 15.6. The lowest BCUT2D eigenvalue weighted by atomic mass is 9.84. The summed E-state index contributed by atoms with van der Waals surface area (Å²) in [4.78, 5) is 42.9. The topological polar surface area (TPSA) is 133 Å². The number of aromatic nitrogens is 2. The van der Waals surface area contributed by atoms with Crippen LogP contribution in [0.3, 0.4) is 0 Å². The largest absolute Gasteiger partial charge is 0.465 e. The number of hydrogen-bond donors (Lipinski definition) is 4. The highest BCUT2D eigenvalue weighted by Crippen LogP contribution is 2.35. The van der Waals surface area contributed by atoms with Gasteiger partial charge in [0, 0.05) is 24.1 Å². The number of amides is 2. The zero-order valence-corrected chi connectivity index (χ0v) is 20.6. The number of nitrogens with one attached hydrogen (secondary N) is 3. The smallest absolute Gasteiger partial charge is 0.409 e. The molecular weight excluding hydrogens is 460 g/mol. The summed E-state index contributed by atoms with van der Waals surface area (Å²) < 4.78 is 5.45. The Balaban J connectivity index is 1.87. The molecule has 2 amide bonds. The summed E-state index contributed by atoms with van der Waals surface area (Å²) >= 11 is 6.51. The number of alkyl carbamates (subject to hydrolysis) is 1. The predicted octanol–water partition coefficient (Wildman–Crippen LogP) is 5.84. The fourth-order valence-corrected chi connectivity index (χ4v) is 4.34. The summed E-state index contributed by atoms with van der Waals surface area (Å²) in [5.41, 5.74) is 1.82. The number of benzene rings is 1. The minimum absolute atomic E-state index is 0.257. The van der Waals surface area contributed by atoms with Crippen LogP contribution in [-0.4, -0.2) is 38.6 Å². The Morgan fingerprint density at radius 3 is 2.56 bits per heavy atom. The number of H-pyrrole nitrogens is 1. The lowest BCUT2D eigenvalue weighted by Gasteiger charge is -2.27. The van der Waals surface area contributed by atoms with Crippen molar-refractivity contribution in [2.45, 2.75) is 71.4 Å². The SMILES string of the molecule is Cc1cc(NC(=O)O)ccc1-c1nc(C(CC2CCC(=O)CC2)NC(=O)OC(C)(C)C)[nH]c1Cl. The van der Waals surface area contributed by atoms with E-state index in [1.165, 1.54) is 0 Å². The van der Waals surface area contributed by atoms with Crippen molar-refractivity contribution < 1.29 is 24.2 Å². The fourth-order valence-electron chi connectivity index (χ4n) is 4.10. The van der Waals surface area contributed by atoms with Crippen molar-refractivity contribution in [3.8, 4) is 11.3 Å². The van der Waals surface area contributed by atoms with E-state index in [0.29, 0.717) is 41.6 Å². The van der Waals surface area contributed by atoms with E-state index >= 15 is 0 Å². The van der Waals surface area contributed by atoms with Gasteiger partial charge in [0.05, 0.1) is 6.04 Å². The summed E-state index contributed by atoms with van der Waals surface area (Å²) in [5.74, 6) is 1.02. The van der Waals surface area contributed by atoms with E-state index in [2.05, 4.69) is 15.6 Å². The molecule has 1 aliphatic rings. The maximum Gasteiger partial charge on any atom is 0.409 e. The van der Waals surface area contributed by atoms with Gasteiger partial charge in [-0.3, -0.25) is 10.1 Å². The predicted molar refractivity (Wildman–Crippen MR) is 129 cm³/mol. The number of imidazole rings is 1.